The van der Waals surface area contributed by atoms with Crippen LogP contribution in [0.4, 0.5) is 14.5 Å². The first-order valence-electron chi connectivity index (χ1n) is 6.43. The zero-order chi connectivity index (χ0) is 13.4. The summed E-state index contributed by atoms with van der Waals surface area (Å²) in [6, 6.07) is 4.32. The number of fused-ring (bicyclic) bond motifs is 1. The van der Waals surface area contributed by atoms with Crippen LogP contribution >= 0.6 is 0 Å². The van der Waals surface area contributed by atoms with Crippen LogP contribution < -0.4 is 5.32 Å². The van der Waals surface area contributed by atoms with Crippen molar-refractivity contribution in [1.29, 1.82) is 0 Å². The Morgan fingerprint density at radius 3 is 2.95 bits per heavy atom. The Balaban J connectivity index is 1.89. The maximum Gasteiger partial charge on any atom is 0.146 e. The van der Waals surface area contributed by atoms with Gasteiger partial charge in [0.05, 0.1) is 18.0 Å². The number of rotatable bonds is 2. The monoisotopic (exact) mass is 263 g/mol. The molecular formula is C15H15F2NO. The lowest BCUT2D eigenvalue weighted by atomic mass is 9.93. The van der Waals surface area contributed by atoms with Gasteiger partial charge < -0.3 is 9.73 Å². The molecule has 2 aromatic rings. The molecule has 0 aliphatic heterocycles. The maximum absolute atomic E-state index is 13.8. The first-order chi connectivity index (χ1) is 9.15. The zero-order valence-electron chi connectivity index (χ0n) is 10.7. The van der Waals surface area contributed by atoms with Gasteiger partial charge in [-0.3, -0.25) is 0 Å². The summed E-state index contributed by atoms with van der Waals surface area (Å²) in [4.78, 5) is 0. The van der Waals surface area contributed by atoms with Gasteiger partial charge in [0.15, 0.2) is 0 Å². The lowest BCUT2D eigenvalue weighted by molar-refractivity contribution is 0.460. The molecule has 1 aromatic carbocycles. The fraction of sp³-hybridized carbons (Fsp3) is 0.333. The van der Waals surface area contributed by atoms with E-state index in [0.717, 1.165) is 30.6 Å². The van der Waals surface area contributed by atoms with Crippen molar-refractivity contribution in [2.24, 2.45) is 0 Å². The molecule has 1 aliphatic carbocycles. The first kappa shape index (κ1) is 12.2. The highest BCUT2D eigenvalue weighted by molar-refractivity contribution is 5.49. The molecule has 0 saturated carbocycles. The molecule has 0 saturated heterocycles. The van der Waals surface area contributed by atoms with Gasteiger partial charge >= 0.3 is 0 Å². The number of furan rings is 1. The van der Waals surface area contributed by atoms with Gasteiger partial charge in [-0.2, -0.15) is 0 Å². The molecule has 0 radical (unpaired) electrons. The fourth-order valence-corrected chi connectivity index (χ4v) is 2.58. The third-order valence-corrected chi connectivity index (χ3v) is 3.63. The van der Waals surface area contributed by atoms with Crippen molar-refractivity contribution in [2.75, 3.05) is 5.32 Å². The van der Waals surface area contributed by atoms with E-state index in [2.05, 4.69) is 5.32 Å². The Labute approximate surface area is 110 Å². The van der Waals surface area contributed by atoms with E-state index in [1.54, 1.807) is 13.2 Å². The Hall–Kier alpha value is -1.84. The number of hydrogen-bond donors (Lipinski definition) is 1. The minimum absolute atomic E-state index is 0.0147. The van der Waals surface area contributed by atoms with Crippen molar-refractivity contribution in [3.63, 3.8) is 0 Å². The van der Waals surface area contributed by atoms with Crippen LogP contribution in [0, 0.1) is 18.6 Å². The number of anilines is 1. The number of hydrogen-bond acceptors (Lipinski definition) is 2. The van der Waals surface area contributed by atoms with E-state index in [1.165, 1.54) is 12.1 Å². The van der Waals surface area contributed by atoms with E-state index >= 15 is 0 Å². The van der Waals surface area contributed by atoms with Gasteiger partial charge in [0.2, 0.25) is 0 Å². The molecule has 19 heavy (non-hydrogen) atoms. The van der Waals surface area contributed by atoms with Crippen LogP contribution in [-0.4, -0.2) is 0 Å². The highest BCUT2D eigenvalue weighted by atomic mass is 19.1. The van der Waals surface area contributed by atoms with Gasteiger partial charge in [0.25, 0.3) is 0 Å². The van der Waals surface area contributed by atoms with E-state index in [-0.39, 0.29) is 11.7 Å². The van der Waals surface area contributed by atoms with Crippen molar-refractivity contribution in [3.05, 3.63) is 53.0 Å². The Kier molecular flexibility index (Phi) is 3.01. The van der Waals surface area contributed by atoms with E-state index in [9.17, 15) is 8.78 Å². The van der Waals surface area contributed by atoms with Crippen molar-refractivity contribution >= 4 is 5.69 Å². The second-order valence-electron chi connectivity index (χ2n) is 4.97. The summed E-state index contributed by atoms with van der Waals surface area (Å²) < 4.78 is 32.7. The zero-order valence-corrected chi connectivity index (χ0v) is 10.7. The van der Waals surface area contributed by atoms with Gasteiger partial charge in [0, 0.05) is 18.1 Å². The van der Waals surface area contributed by atoms with Crippen LogP contribution in [0.2, 0.25) is 0 Å². The van der Waals surface area contributed by atoms with Crippen LogP contribution in [0.3, 0.4) is 0 Å². The lowest BCUT2D eigenvalue weighted by Gasteiger charge is -2.24. The molecular weight excluding hydrogens is 248 g/mol. The highest BCUT2D eigenvalue weighted by Crippen LogP contribution is 2.34. The fourth-order valence-electron chi connectivity index (χ4n) is 2.58. The molecule has 0 spiro atoms. The molecule has 0 amide bonds. The predicted molar refractivity (Wildman–Crippen MR) is 69.1 cm³/mol. The van der Waals surface area contributed by atoms with Crippen LogP contribution in [-0.2, 0) is 6.42 Å². The van der Waals surface area contributed by atoms with Gasteiger partial charge in [0.1, 0.15) is 17.4 Å². The minimum atomic E-state index is -0.422. The number of aryl methyl sites for hydroxylation is 2. The highest BCUT2D eigenvalue weighted by Gasteiger charge is 2.23. The maximum atomic E-state index is 13.8. The average Bonchev–Trinajstić information content (AvgIpc) is 2.85. The summed E-state index contributed by atoms with van der Waals surface area (Å²) in [6.45, 7) is 1.55. The molecule has 1 atom stereocenters. The van der Waals surface area contributed by atoms with Gasteiger partial charge in [-0.05, 0) is 37.5 Å². The summed E-state index contributed by atoms with van der Waals surface area (Å²) in [6.07, 6.45) is 4.43. The second-order valence-corrected chi connectivity index (χ2v) is 4.97. The quantitative estimate of drug-likeness (QED) is 0.871. The summed E-state index contributed by atoms with van der Waals surface area (Å²) in [5, 5.41) is 3.08. The van der Waals surface area contributed by atoms with E-state index in [4.69, 9.17) is 4.42 Å². The van der Waals surface area contributed by atoms with Crippen LogP contribution in [0.5, 0.6) is 0 Å². The minimum Gasteiger partial charge on any atom is -0.469 e. The molecule has 1 unspecified atom stereocenters. The van der Waals surface area contributed by atoms with Gasteiger partial charge in [-0.25, -0.2) is 8.78 Å². The molecule has 1 heterocycles. The molecule has 0 bridgehead atoms. The topological polar surface area (TPSA) is 25.2 Å². The summed E-state index contributed by atoms with van der Waals surface area (Å²) in [5.74, 6) is 0.124. The Morgan fingerprint density at radius 2 is 2.11 bits per heavy atom. The Morgan fingerprint density at radius 1 is 1.26 bits per heavy atom. The van der Waals surface area contributed by atoms with Crippen molar-refractivity contribution < 1.29 is 13.2 Å². The van der Waals surface area contributed by atoms with Gasteiger partial charge in [-0.1, -0.05) is 0 Å². The third-order valence-electron chi connectivity index (χ3n) is 3.63. The van der Waals surface area contributed by atoms with Gasteiger partial charge in [-0.15, -0.1) is 0 Å². The summed E-state index contributed by atoms with van der Waals surface area (Å²) in [5.41, 5.74) is 1.57. The summed E-state index contributed by atoms with van der Waals surface area (Å²) >= 11 is 0. The predicted octanol–water partition coefficient (Wildman–Crippen LogP) is 4.36. The molecule has 2 nitrogen and oxygen atoms in total. The number of benzene rings is 1. The second kappa shape index (κ2) is 4.68. The van der Waals surface area contributed by atoms with Crippen LogP contribution in [0.1, 0.15) is 35.8 Å². The normalized spacial score (nSPS) is 18.2. The van der Waals surface area contributed by atoms with Crippen molar-refractivity contribution in [3.8, 4) is 0 Å². The summed E-state index contributed by atoms with van der Waals surface area (Å²) in [7, 11) is 0. The first-order valence-corrected chi connectivity index (χ1v) is 6.43. The lowest BCUT2D eigenvalue weighted by Crippen LogP contribution is -2.16. The molecule has 4 heteroatoms. The molecule has 1 N–H and O–H groups in total. The molecule has 0 fully saturated rings. The Bertz CT molecular complexity index is 606. The standard InChI is InChI=1S/C15H15F2NO/c1-9-7-12(17)14(8-11(9)16)18-13-3-2-4-15-10(13)5-6-19-15/h5-8,13,18H,2-4H2,1H3. The van der Waals surface area contributed by atoms with E-state index in [1.807, 2.05) is 6.07 Å². The van der Waals surface area contributed by atoms with Crippen LogP contribution in [0.25, 0.3) is 0 Å². The third kappa shape index (κ3) is 2.23. The largest absolute Gasteiger partial charge is 0.469 e. The number of halogens is 2. The van der Waals surface area contributed by atoms with E-state index in [0.29, 0.717) is 5.56 Å². The van der Waals surface area contributed by atoms with Crippen molar-refractivity contribution in [2.45, 2.75) is 32.2 Å². The van der Waals surface area contributed by atoms with E-state index < -0.39 is 11.6 Å². The molecule has 100 valence electrons. The molecule has 1 aliphatic rings. The van der Waals surface area contributed by atoms with Crippen molar-refractivity contribution in [1.82, 2.24) is 0 Å². The SMILES string of the molecule is Cc1cc(F)c(NC2CCCc3occc32)cc1F. The molecule has 1 aromatic heterocycles. The number of nitrogens with one attached hydrogen (secondary N) is 1. The average molecular weight is 263 g/mol. The smallest absolute Gasteiger partial charge is 0.146 e. The van der Waals surface area contributed by atoms with Crippen LogP contribution in [0.15, 0.2) is 28.9 Å². The molecule has 3 rings (SSSR count).